The highest BCUT2D eigenvalue weighted by Crippen LogP contribution is 2.65. The summed E-state index contributed by atoms with van der Waals surface area (Å²) in [4.78, 5) is 39.4. The van der Waals surface area contributed by atoms with Gasteiger partial charge in [0.2, 0.25) is 17.7 Å². The van der Waals surface area contributed by atoms with E-state index in [0.717, 1.165) is 12.0 Å². The second-order valence-electron chi connectivity index (χ2n) is 8.24. The van der Waals surface area contributed by atoms with E-state index >= 15 is 0 Å². The maximum atomic E-state index is 12.9. The van der Waals surface area contributed by atoms with Crippen LogP contribution >= 0.6 is 11.6 Å². The number of carbonyl (C=O) groups excluding carboxylic acids is 3. The van der Waals surface area contributed by atoms with Crippen LogP contribution in [-0.2, 0) is 14.4 Å². The molecule has 6 heteroatoms. The van der Waals surface area contributed by atoms with Crippen molar-refractivity contribution in [1.29, 1.82) is 0 Å². The largest absolute Gasteiger partial charge is 0.326 e. The van der Waals surface area contributed by atoms with E-state index in [0.29, 0.717) is 22.5 Å². The molecule has 0 spiro atoms. The first-order valence-electron chi connectivity index (χ1n) is 9.55. The van der Waals surface area contributed by atoms with Gasteiger partial charge in [-0.15, -0.1) is 0 Å². The molecule has 0 aromatic heterocycles. The number of imide groups is 1. The topological polar surface area (TPSA) is 66.5 Å². The lowest BCUT2D eigenvalue weighted by Crippen LogP contribution is -2.40. The van der Waals surface area contributed by atoms with Crippen LogP contribution in [0.15, 0.2) is 30.4 Å². The monoisotopic (exact) mass is 384 g/mol. The number of amides is 3. The zero-order valence-electron chi connectivity index (χ0n) is 15.0. The summed E-state index contributed by atoms with van der Waals surface area (Å²) in [5.74, 6) is 0.826. The van der Waals surface area contributed by atoms with E-state index in [1.165, 1.54) is 4.90 Å². The van der Waals surface area contributed by atoms with Gasteiger partial charge in [0.05, 0.1) is 11.8 Å². The molecule has 0 unspecified atom stereocenters. The van der Waals surface area contributed by atoms with Crippen LogP contribution in [0.1, 0.15) is 18.4 Å². The number of hydrogen-bond acceptors (Lipinski definition) is 3. The molecule has 140 valence electrons. The first-order valence-corrected chi connectivity index (χ1v) is 9.93. The van der Waals surface area contributed by atoms with Crippen LogP contribution in [-0.4, -0.2) is 29.2 Å². The standard InChI is InChI=1S/C21H21ClN2O3/c1-10-2-3-11(8-16(10)22)23-17(25)6-7-24-20(26)18-12-4-5-13(15-9-14(12)15)19(18)21(24)27/h2-5,8,12-15,18-19H,6-7,9H2,1H3,(H,23,25)/t12-,13-,14-,15-,18-,19+/m0/s1. The molecule has 3 amide bonds. The van der Waals surface area contributed by atoms with E-state index in [-0.39, 0.29) is 54.4 Å². The number of anilines is 1. The maximum Gasteiger partial charge on any atom is 0.233 e. The fraction of sp³-hybridized carbons (Fsp3) is 0.476. The Bertz CT molecular complexity index is 859. The predicted molar refractivity (Wildman–Crippen MR) is 101 cm³/mol. The highest BCUT2D eigenvalue weighted by atomic mass is 35.5. The first-order chi connectivity index (χ1) is 13.0. The summed E-state index contributed by atoms with van der Waals surface area (Å²) in [7, 11) is 0. The third kappa shape index (κ3) is 2.55. The molecule has 1 aromatic carbocycles. The third-order valence-corrected chi connectivity index (χ3v) is 7.18. The van der Waals surface area contributed by atoms with Gasteiger partial charge in [-0.05, 0) is 54.7 Å². The van der Waals surface area contributed by atoms with Crippen molar-refractivity contribution in [3.05, 3.63) is 40.9 Å². The van der Waals surface area contributed by atoms with Crippen LogP contribution in [0, 0.1) is 42.4 Å². The normalized spacial score (nSPS) is 35.3. The summed E-state index contributed by atoms with van der Waals surface area (Å²) in [6.07, 6.45) is 5.56. The fourth-order valence-electron chi connectivity index (χ4n) is 5.35. The van der Waals surface area contributed by atoms with E-state index in [4.69, 9.17) is 11.6 Å². The first kappa shape index (κ1) is 17.0. The molecule has 1 aliphatic heterocycles. The van der Waals surface area contributed by atoms with Gasteiger partial charge in [-0.2, -0.15) is 0 Å². The molecular weight excluding hydrogens is 364 g/mol. The van der Waals surface area contributed by atoms with Gasteiger partial charge in [-0.25, -0.2) is 0 Å². The van der Waals surface area contributed by atoms with Gasteiger partial charge in [-0.3, -0.25) is 19.3 Å². The summed E-state index contributed by atoms with van der Waals surface area (Å²) < 4.78 is 0. The van der Waals surface area contributed by atoms with Crippen LogP contribution in [0.2, 0.25) is 5.02 Å². The smallest absolute Gasteiger partial charge is 0.233 e. The Labute approximate surface area is 162 Å². The molecule has 2 bridgehead atoms. The molecule has 0 radical (unpaired) electrons. The number of carbonyl (C=O) groups is 3. The van der Waals surface area contributed by atoms with Crippen LogP contribution in [0.4, 0.5) is 5.69 Å². The van der Waals surface area contributed by atoms with E-state index in [2.05, 4.69) is 17.5 Å². The molecule has 1 aromatic rings. The third-order valence-electron chi connectivity index (χ3n) is 6.77. The van der Waals surface area contributed by atoms with Gasteiger partial charge >= 0.3 is 0 Å². The lowest BCUT2D eigenvalue weighted by molar-refractivity contribution is -0.140. The Balaban J connectivity index is 1.24. The average molecular weight is 385 g/mol. The summed E-state index contributed by atoms with van der Waals surface area (Å²) in [6.45, 7) is 2.04. The molecule has 5 nitrogen and oxygen atoms in total. The number of hydrogen-bond donors (Lipinski definition) is 1. The zero-order chi connectivity index (χ0) is 18.9. The minimum Gasteiger partial charge on any atom is -0.326 e. The molecule has 6 atom stereocenters. The van der Waals surface area contributed by atoms with Crippen molar-refractivity contribution in [3.63, 3.8) is 0 Å². The van der Waals surface area contributed by atoms with E-state index in [1.807, 2.05) is 13.0 Å². The molecule has 4 aliphatic carbocycles. The van der Waals surface area contributed by atoms with Gasteiger partial charge in [-0.1, -0.05) is 29.8 Å². The number of benzene rings is 1. The molecule has 3 fully saturated rings. The molecule has 1 N–H and O–H groups in total. The molecule has 27 heavy (non-hydrogen) atoms. The number of nitrogens with one attached hydrogen (secondary N) is 1. The SMILES string of the molecule is Cc1ccc(NC(=O)CCN2C(=O)[C@@H]3[C@H]4C=C[C@@H]([C@@H]5C[C@@H]45)[C@@H]3C2=O)cc1Cl. The average Bonchev–Trinajstić information content (AvgIpc) is 3.42. The second-order valence-corrected chi connectivity index (χ2v) is 8.65. The minimum atomic E-state index is -0.227. The van der Waals surface area contributed by atoms with Crippen molar-refractivity contribution < 1.29 is 14.4 Å². The fourth-order valence-corrected chi connectivity index (χ4v) is 5.53. The second kappa shape index (κ2) is 5.93. The molecule has 1 heterocycles. The van der Waals surface area contributed by atoms with Gasteiger partial charge in [0.25, 0.3) is 0 Å². The van der Waals surface area contributed by atoms with Crippen LogP contribution in [0.5, 0.6) is 0 Å². The maximum absolute atomic E-state index is 12.9. The lowest BCUT2D eigenvalue weighted by atomic mass is 9.63. The van der Waals surface area contributed by atoms with Crippen molar-refractivity contribution in [2.75, 3.05) is 11.9 Å². The minimum absolute atomic E-state index is 0.0825. The van der Waals surface area contributed by atoms with Crippen molar-refractivity contribution in [2.45, 2.75) is 19.8 Å². The zero-order valence-corrected chi connectivity index (χ0v) is 15.8. The summed E-state index contributed by atoms with van der Waals surface area (Å²) in [5, 5.41) is 3.37. The Morgan fingerprint density at radius 2 is 1.78 bits per heavy atom. The van der Waals surface area contributed by atoms with Crippen molar-refractivity contribution in [3.8, 4) is 0 Å². The van der Waals surface area contributed by atoms with Crippen LogP contribution in [0.25, 0.3) is 0 Å². The number of aryl methyl sites for hydroxylation is 1. The number of halogens is 1. The van der Waals surface area contributed by atoms with Crippen molar-refractivity contribution in [2.24, 2.45) is 35.5 Å². The Morgan fingerprint density at radius 1 is 1.15 bits per heavy atom. The summed E-state index contributed by atoms with van der Waals surface area (Å²) in [6, 6.07) is 5.32. The summed E-state index contributed by atoms with van der Waals surface area (Å²) >= 11 is 6.08. The number of nitrogens with zero attached hydrogens (tertiary/aromatic N) is 1. The molecule has 1 saturated heterocycles. The van der Waals surface area contributed by atoms with E-state index in [9.17, 15) is 14.4 Å². The number of allylic oxidation sites excluding steroid dienone is 2. The van der Waals surface area contributed by atoms with Gasteiger partial charge in [0.1, 0.15) is 0 Å². The molecule has 5 aliphatic rings. The van der Waals surface area contributed by atoms with Gasteiger partial charge < -0.3 is 5.32 Å². The van der Waals surface area contributed by atoms with Gasteiger partial charge in [0.15, 0.2) is 0 Å². The Kier molecular flexibility index (Phi) is 3.73. The molecule has 6 rings (SSSR count). The highest BCUT2D eigenvalue weighted by Gasteiger charge is 2.66. The van der Waals surface area contributed by atoms with Crippen molar-refractivity contribution in [1.82, 2.24) is 4.90 Å². The van der Waals surface area contributed by atoms with E-state index in [1.54, 1.807) is 12.1 Å². The van der Waals surface area contributed by atoms with E-state index < -0.39 is 0 Å². The lowest BCUT2D eigenvalue weighted by Gasteiger charge is -2.37. The number of likely N-dealkylation sites (tertiary alicyclic amines) is 1. The van der Waals surface area contributed by atoms with Crippen molar-refractivity contribution >= 4 is 35.0 Å². The predicted octanol–water partition coefficient (Wildman–Crippen LogP) is 3.03. The van der Waals surface area contributed by atoms with Gasteiger partial charge in [0, 0.05) is 23.7 Å². The quantitative estimate of drug-likeness (QED) is 0.641. The van der Waals surface area contributed by atoms with Crippen LogP contribution < -0.4 is 5.32 Å². The molecular formula is C21H21ClN2O3. The Hall–Kier alpha value is -2.14. The number of rotatable bonds is 4. The Morgan fingerprint density at radius 3 is 2.37 bits per heavy atom. The molecule has 2 saturated carbocycles. The van der Waals surface area contributed by atoms with Crippen LogP contribution in [0.3, 0.4) is 0 Å². The highest BCUT2D eigenvalue weighted by molar-refractivity contribution is 6.31. The summed E-state index contributed by atoms with van der Waals surface area (Å²) in [5.41, 5.74) is 1.55.